The third kappa shape index (κ3) is 2.70. The third-order valence-corrected chi connectivity index (χ3v) is 4.69. The Labute approximate surface area is 128 Å². The SMILES string of the molecule is CCCC(=O)N1CCS/C1=C/c1nc2ccccc2n1C. The van der Waals surface area contributed by atoms with Crippen LogP contribution in [0.25, 0.3) is 17.1 Å². The van der Waals surface area contributed by atoms with Gasteiger partial charge < -0.3 is 9.47 Å². The summed E-state index contributed by atoms with van der Waals surface area (Å²) in [6, 6.07) is 8.08. The van der Waals surface area contributed by atoms with E-state index in [1.807, 2.05) is 43.1 Å². The average Bonchev–Trinajstić information content (AvgIpc) is 3.06. The highest BCUT2D eigenvalue weighted by Crippen LogP contribution is 2.30. The van der Waals surface area contributed by atoms with E-state index in [9.17, 15) is 4.79 Å². The number of aromatic nitrogens is 2. The number of carbonyl (C=O) groups is 1. The summed E-state index contributed by atoms with van der Waals surface area (Å²) in [4.78, 5) is 18.7. The Hall–Kier alpha value is -1.75. The molecule has 1 amide bonds. The van der Waals surface area contributed by atoms with Crippen LogP contribution in [0.1, 0.15) is 25.6 Å². The predicted molar refractivity (Wildman–Crippen MR) is 87.8 cm³/mol. The Balaban J connectivity index is 1.95. The number of benzene rings is 1. The maximum atomic E-state index is 12.1. The van der Waals surface area contributed by atoms with Crippen LogP contribution in [0, 0.1) is 0 Å². The fraction of sp³-hybridized carbons (Fsp3) is 0.375. The van der Waals surface area contributed by atoms with Gasteiger partial charge in [0, 0.05) is 31.8 Å². The van der Waals surface area contributed by atoms with E-state index < -0.39 is 0 Å². The van der Waals surface area contributed by atoms with Gasteiger partial charge in [-0.1, -0.05) is 19.1 Å². The molecule has 110 valence electrons. The van der Waals surface area contributed by atoms with Crippen molar-refractivity contribution < 1.29 is 4.79 Å². The minimum absolute atomic E-state index is 0.215. The average molecular weight is 301 g/mol. The van der Waals surface area contributed by atoms with Gasteiger partial charge >= 0.3 is 0 Å². The van der Waals surface area contributed by atoms with Crippen molar-refractivity contribution in [2.24, 2.45) is 7.05 Å². The first-order valence-electron chi connectivity index (χ1n) is 7.27. The third-order valence-electron chi connectivity index (χ3n) is 3.67. The van der Waals surface area contributed by atoms with Crippen LogP contribution in [0.15, 0.2) is 29.3 Å². The van der Waals surface area contributed by atoms with Gasteiger partial charge in [0.15, 0.2) is 0 Å². The van der Waals surface area contributed by atoms with Crippen molar-refractivity contribution in [3.8, 4) is 0 Å². The predicted octanol–water partition coefficient (Wildman–Crippen LogP) is 3.25. The molecule has 5 heteroatoms. The summed E-state index contributed by atoms with van der Waals surface area (Å²) < 4.78 is 2.07. The van der Waals surface area contributed by atoms with E-state index >= 15 is 0 Å². The molecular weight excluding hydrogens is 282 g/mol. The number of thioether (sulfide) groups is 1. The maximum Gasteiger partial charge on any atom is 0.227 e. The minimum atomic E-state index is 0.215. The second kappa shape index (κ2) is 5.93. The lowest BCUT2D eigenvalue weighted by molar-refractivity contribution is -0.128. The molecule has 3 rings (SSSR count). The smallest absolute Gasteiger partial charge is 0.227 e. The molecule has 21 heavy (non-hydrogen) atoms. The Morgan fingerprint density at radius 2 is 2.24 bits per heavy atom. The van der Waals surface area contributed by atoms with Gasteiger partial charge in [0.1, 0.15) is 5.82 Å². The summed E-state index contributed by atoms with van der Waals surface area (Å²) in [6.45, 7) is 2.84. The molecule has 0 N–H and O–H groups in total. The quantitative estimate of drug-likeness (QED) is 0.873. The number of hydrogen-bond donors (Lipinski definition) is 0. The number of aryl methyl sites for hydroxylation is 1. The highest BCUT2D eigenvalue weighted by atomic mass is 32.2. The Bertz CT molecular complexity index is 705. The number of imidazole rings is 1. The van der Waals surface area contributed by atoms with E-state index in [0.29, 0.717) is 6.42 Å². The molecule has 0 bridgehead atoms. The number of amides is 1. The summed E-state index contributed by atoms with van der Waals surface area (Å²) >= 11 is 1.73. The molecule has 1 aromatic heterocycles. The first-order valence-corrected chi connectivity index (χ1v) is 8.25. The number of nitrogens with zero attached hydrogens (tertiary/aromatic N) is 3. The lowest BCUT2D eigenvalue weighted by Crippen LogP contribution is -2.26. The van der Waals surface area contributed by atoms with Crippen LogP contribution in [-0.2, 0) is 11.8 Å². The monoisotopic (exact) mass is 301 g/mol. The number of para-hydroxylation sites is 2. The van der Waals surface area contributed by atoms with E-state index in [4.69, 9.17) is 0 Å². The van der Waals surface area contributed by atoms with E-state index in [1.165, 1.54) is 0 Å². The number of rotatable bonds is 3. The molecule has 0 radical (unpaired) electrons. The molecule has 0 aliphatic carbocycles. The fourth-order valence-corrected chi connectivity index (χ4v) is 3.57. The highest BCUT2D eigenvalue weighted by molar-refractivity contribution is 8.03. The molecule has 0 saturated carbocycles. The number of carbonyl (C=O) groups excluding carboxylic acids is 1. The van der Waals surface area contributed by atoms with Gasteiger partial charge in [-0.05, 0) is 18.6 Å². The van der Waals surface area contributed by atoms with E-state index in [1.54, 1.807) is 11.8 Å². The van der Waals surface area contributed by atoms with Crippen LogP contribution < -0.4 is 0 Å². The Morgan fingerprint density at radius 3 is 3.00 bits per heavy atom. The Kier molecular flexibility index (Phi) is 4.01. The van der Waals surface area contributed by atoms with E-state index in [2.05, 4.69) is 15.6 Å². The van der Waals surface area contributed by atoms with E-state index in [0.717, 1.165) is 40.6 Å². The van der Waals surface area contributed by atoms with Crippen LogP contribution in [-0.4, -0.2) is 32.7 Å². The van der Waals surface area contributed by atoms with Crippen molar-refractivity contribution in [2.45, 2.75) is 19.8 Å². The first kappa shape index (κ1) is 14.2. The first-order chi connectivity index (χ1) is 10.2. The van der Waals surface area contributed by atoms with Gasteiger partial charge in [-0.3, -0.25) is 4.79 Å². The molecule has 1 aromatic carbocycles. The lowest BCUT2D eigenvalue weighted by Gasteiger charge is -2.16. The second-order valence-electron chi connectivity index (χ2n) is 5.14. The second-order valence-corrected chi connectivity index (χ2v) is 6.26. The van der Waals surface area contributed by atoms with Crippen molar-refractivity contribution in [1.29, 1.82) is 0 Å². The topological polar surface area (TPSA) is 38.1 Å². The molecule has 1 saturated heterocycles. The largest absolute Gasteiger partial charge is 0.328 e. The molecule has 2 aromatic rings. The zero-order valence-electron chi connectivity index (χ0n) is 12.4. The standard InChI is InChI=1S/C16H19N3OS/c1-3-6-15(20)19-9-10-21-16(19)11-14-17-12-7-4-5-8-13(12)18(14)2/h4-5,7-8,11H,3,6,9-10H2,1-2H3/b16-11+. The van der Waals surface area contributed by atoms with Crippen molar-refractivity contribution in [2.75, 3.05) is 12.3 Å². The Morgan fingerprint density at radius 1 is 1.43 bits per heavy atom. The zero-order valence-corrected chi connectivity index (χ0v) is 13.2. The maximum absolute atomic E-state index is 12.1. The molecule has 1 aliphatic rings. The van der Waals surface area contributed by atoms with Crippen LogP contribution in [0.4, 0.5) is 0 Å². The normalized spacial score (nSPS) is 17.0. The van der Waals surface area contributed by atoms with Gasteiger partial charge in [0.25, 0.3) is 0 Å². The summed E-state index contributed by atoms with van der Waals surface area (Å²) in [5, 5.41) is 1.02. The molecule has 0 unspecified atom stereocenters. The van der Waals surface area contributed by atoms with Gasteiger partial charge in [0.05, 0.1) is 16.1 Å². The summed E-state index contributed by atoms with van der Waals surface area (Å²) in [5.74, 6) is 2.08. The van der Waals surface area contributed by atoms with Crippen LogP contribution in [0.3, 0.4) is 0 Å². The van der Waals surface area contributed by atoms with Gasteiger partial charge in [-0.15, -0.1) is 11.8 Å². The fourth-order valence-electron chi connectivity index (χ4n) is 2.55. The van der Waals surface area contributed by atoms with Gasteiger partial charge in [-0.2, -0.15) is 0 Å². The molecule has 0 atom stereocenters. The van der Waals surface area contributed by atoms with Crippen molar-refractivity contribution in [1.82, 2.24) is 14.5 Å². The van der Waals surface area contributed by atoms with Crippen LogP contribution >= 0.6 is 11.8 Å². The van der Waals surface area contributed by atoms with Crippen molar-refractivity contribution in [3.63, 3.8) is 0 Å². The summed E-state index contributed by atoms with van der Waals surface area (Å²) in [6.07, 6.45) is 3.53. The van der Waals surface area contributed by atoms with Crippen LogP contribution in [0.2, 0.25) is 0 Å². The van der Waals surface area contributed by atoms with Gasteiger partial charge in [-0.25, -0.2) is 4.98 Å². The highest BCUT2D eigenvalue weighted by Gasteiger charge is 2.24. The molecule has 1 fully saturated rings. The van der Waals surface area contributed by atoms with Crippen molar-refractivity contribution >= 4 is 34.8 Å². The van der Waals surface area contributed by atoms with E-state index in [-0.39, 0.29) is 5.91 Å². The minimum Gasteiger partial charge on any atom is -0.328 e. The molecule has 4 nitrogen and oxygen atoms in total. The van der Waals surface area contributed by atoms with Crippen molar-refractivity contribution in [3.05, 3.63) is 35.1 Å². The summed E-state index contributed by atoms with van der Waals surface area (Å²) in [5.41, 5.74) is 2.10. The number of fused-ring (bicyclic) bond motifs is 1. The van der Waals surface area contributed by atoms with Gasteiger partial charge in [0.2, 0.25) is 5.91 Å². The lowest BCUT2D eigenvalue weighted by atomic mass is 10.3. The molecule has 2 heterocycles. The molecule has 0 spiro atoms. The molecular formula is C16H19N3OS. The number of hydrogen-bond acceptors (Lipinski definition) is 3. The zero-order chi connectivity index (χ0) is 14.8. The summed E-state index contributed by atoms with van der Waals surface area (Å²) in [7, 11) is 2.01. The van der Waals surface area contributed by atoms with Crippen LogP contribution in [0.5, 0.6) is 0 Å². The molecule has 1 aliphatic heterocycles.